The lowest BCUT2D eigenvalue weighted by Gasteiger charge is -2.51. The number of nitrogens with two attached hydrogens (primary N) is 1. The average molecular weight is 270 g/mol. The molecule has 0 spiro atoms. The van der Waals surface area contributed by atoms with Crippen LogP contribution in [-0.4, -0.2) is 40.6 Å². The van der Waals surface area contributed by atoms with Crippen LogP contribution < -0.4 is 5.73 Å². The molecule has 1 heterocycles. The molecule has 2 rings (SSSR count). The summed E-state index contributed by atoms with van der Waals surface area (Å²) in [6, 6.07) is 0.656. The van der Waals surface area contributed by atoms with Crippen molar-refractivity contribution in [2.45, 2.75) is 64.3 Å². The van der Waals surface area contributed by atoms with Crippen molar-refractivity contribution in [3.05, 3.63) is 0 Å². The van der Waals surface area contributed by atoms with E-state index in [1.165, 1.54) is 25.1 Å². The van der Waals surface area contributed by atoms with Crippen LogP contribution in [0.2, 0.25) is 0 Å². The smallest absolute Gasteiger partial charge is 0.0366 e. The van der Waals surface area contributed by atoms with E-state index in [9.17, 15) is 0 Å². The van der Waals surface area contributed by atoms with Gasteiger partial charge in [-0.3, -0.25) is 4.90 Å². The molecule has 1 aliphatic carbocycles. The van der Waals surface area contributed by atoms with Crippen LogP contribution in [0.4, 0.5) is 0 Å². The minimum absolute atomic E-state index is 0.248. The molecule has 1 saturated carbocycles. The minimum atomic E-state index is 0.248. The number of nitrogens with zero attached hydrogens (tertiary/aromatic N) is 1. The summed E-state index contributed by atoms with van der Waals surface area (Å²) in [5.41, 5.74) is 6.97. The fraction of sp³-hybridized carbons (Fsp3) is 1.00. The molecule has 0 aromatic rings. The zero-order valence-electron chi connectivity index (χ0n) is 12.7. The molecule has 0 aromatic carbocycles. The summed E-state index contributed by atoms with van der Waals surface area (Å²) in [6.45, 7) is 14.0. The van der Waals surface area contributed by atoms with E-state index in [-0.39, 0.29) is 5.54 Å². The van der Waals surface area contributed by atoms with E-state index in [1.54, 1.807) is 0 Å². The van der Waals surface area contributed by atoms with Crippen LogP contribution in [0.15, 0.2) is 0 Å². The Hall–Kier alpha value is 0.270. The number of hydrogen-bond acceptors (Lipinski definition) is 3. The predicted molar refractivity (Wildman–Crippen MR) is 82.1 cm³/mol. The van der Waals surface area contributed by atoms with E-state index in [0.717, 1.165) is 17.7 Å². The lowest BCUT2D eigenvalue weighted by Crippen LogP contribution is -2.62. The largest absolute Gasteiger partial charge is 0.329 e. The third-order valence-corrected chi connectivity index (χ3v) is 6.71. The van der Waals surface area contributed by atoms with E-state index >= 15 is 0 Å². The summed E-state index contributed by atoms with van der Waals surface area (Å²) in [6.07, 6.45) is 2.58. The Bertz CT molecular complexity index is 305. The van der Waals surface area contributed by atoms with Gasteiger partial charge in [0, 0.05) is 35.7 Å². The molecule has 1 saturated heterocycles. The van der Waals surface area contributed by atoms with Gasteiger partial charge in [0.15, 0.2) is 0 Å². The van der Waals surface area contributed by atoms with Crippen molar-refractivity contribution < 1.29 is 0 Å². The highest BCUT2D eigenvalue weighted by atomic mass is 32.2. The lowest BCUT2D eigenvalue weighted by molar-refractivity contribution is 0.0276. The second-order valence-corrected chi connectivity index (χ2v) is 8.75. The molecular formula is C15H30N2S. The van der Waals surface area contributed by atoms with Crippen LogP contribution in [0.5, 0.6) is 0 Å². The summed E-state index contributed by atoms with van der Waals surface area (Å²) in [7, 11) is 0. The maximum absolute atomic E-state index is 6.27. The molecule has 2 aliphatic rings. The monoisotopic (exact) mass is 270 g/mol. The summed E-state index contributed by atoms with van der Waals surface area (Å²) in [5, 5.41) is 0.734. The fourth-order valence-corrected chi connectivity index (χ4v) is 5.53. The average Bonchev–Trinajstić information content (AvgIpc) is 2.53. The van der Waals surface area contributed by atoms with Crippen LogP contribution in [0, 0.1) is 11.3 Å². The highest BCUT2D eigenvalue weighted by Crippen LogP contribution is 2.51. The second-order valence-electron chi connectivity index (χ2n) is 7.26. The third kappa shape index (κ3) is 2.34. The van der Waals surface area contributed by atoms with Crippen molar-refractivity contribution in [2.75, 3.05) is 18.8 Å². The molecule has 2 nitrogen and oxygen atoms in total. The molecule has 0 bridgehead atoms. The fourth-order valence-electron chi connectivity index (χ4n) is 4.43. The Morgan fingerprint density at radius 2 is 1.94 bits per heavy atom. The Morgan fingerprint density at radius 3 is 2.44 bits per heavy atom. The van der Waals surface area contributed by atoms with Crippen LogP contribution >= 0.6 is 11.8 Å². The van der Waals surface area contributed by atoms with Gasteiger partial charge in [-0.25, -0.2) is 0 Å². The van der Waals surface area contributed by atoms with Crippen molar-refractivity contribution >= 4 is 11.8 Å². The standard InChI is InChI=1S/C15H30N2S/c1-11-8-14(4,5)9-15(11,10-16)17-6-7-18-13(3)12(17)2/h11-13H,6-10,16H2,1-5H3. The van der Waals surface area contributed by atoms with Gasteiger partial charge < -0.3 is 5.73 Å². The van der Waals surface area contributed by atoms with Gasteiger partial charge in [-0.05, 0) is 31.1 Å². The highest BCUT2D eigenvalue weighted by molar-refractivity contribution is 8.00. The van der Waals surface area contributed by atoms with Gasteiger partial charge in [0.2, 0.25) is 0 Å². The topological polar surface area (TPSA) is 29.3 Å². The summed E-state index contributed by atoms with van der Waals surface area (Å²) >= 11 is 2.12. The second kappa shape index (κ2) is 4.99. The van der Waals surface area contributed by atoms with Gasteiger partial charge >= 0.3 is 0 Å². The first-order chi connectivity index (χ1) is 8.32. The SMILES string of the molecule is CC1SCCN(C2(CN)CC(C)(C)CC2C)C1C. The Balaban J connectivity index is 2.27. The first kappa shape index (κ1) is 14.7. The molecule has 2 N–H and O–H groups in total. The molecular weight excluding hydrogens is 240 g/mol. The summed E-state index contributed by atoms with van der Waals surface area (Å²) < 4.78 is 0. The van der Waals surface area contributed by atoms with Crippen molar-refractivity contribution in [1.82, 2.24) is 4.90 Å². The van der Waals surface area contributed by atoms with E-state index < -0.39 is 0 Å². The molecule has 0 aromatic heterocycles. The lowest BCUT2D eigenvalue weighted by atomic mass is 9.83. The number of hydrogen-bond donors (Lipinski definition) is 1. The van der Waals surface area contributed by atoms with Gasteiger partial charge in [0.1, 0.15) is 0 Å². The van der Waals surface area contributed by atoms with Crippen LogP contribution in [0.25, 0.3) is 0 Å². The zero-order chi connectivity index (χ0) is 13.6. The first-order valence-corrected chi connectivity index (χ1v) is 8.46. The molecule has 3 heteroatoms. The normalized spacial score (nSPS) is 45.3. The van der Waals surface area contributed by atoms with Gasteiger partial charge in [-0.1, -0.05) is 27.7 Å². The van der Waals surface area contributed by atoms with Crippen molar-refractivity contribution in [3.63, 3.8) is 0 Å². The minimum Gasteiger partial charge on any atom is -0.329 e. The molecule has 1 aliphatic heterocycles. The van der Waals surface area contributed by atoms with E-state index in [0.29, 0.717) is 11.5 Å². The van der Waals surface area contributed by atoms with E-state index in [4.69, 9.17) is 5.73 Å². The molecule has 2 fully saturated rings. The maximum atomic E-state index is 6.27. The Labute approximate surface area is 117 Å². The van der Waals surface area contributed by atoms with E-state index in [1.807, 2.05) is 0 Å². The summed E-state index contributed by atoms with van der Waals surface area (Å²) in [5.74, 6) is 1.98. The maximum Gasteiger partial charge on any atom is 0.0366 e. The highest BCUT2D eigenvalue weighted by Gasteiger charge is 2.53. The van der Waals surface area contributed by atoms with E-state index in [2.05, 4.69) is 51.3 Å². The van der Waals surface area contributed by atoms with Crippen LogP contribution in [0.1, 0.15) is 47.5 Å². The number of rotatable bonds is 2. The first-order valence-electron chi connectivity index (χ1n) is 7.41. The predicted octanol–water partition coefficient (Wildman–Crippen LogP) is 2.97. The molecule has 4 atom stereocenters. The molecule has 4 unspecified atom stereocenters. The van der Waals surface area contributed by atoms with Gasteiger partial charge in [0.25, 0.3) is 0 Å². The quantitative estimate of drug-likeness (QED) is 0.836. The van der Waals surface area contributed by atoms with Gasteiger partial charge in [-0.2, -0.15) is 11.8 Å². The van der Waals surface area contributed by atoms with Gasteiger partial charge in [-0.15, -0.1) is 0 Å². The Kier molecular flexibility index (Phi) is 4.07. The summed E-state index contributed by atoms with van der Waals surface area (Å²) in [4.78, 5) is 2.76. The van der Waals surface area contributed by atoms with Crippen molar-refractivity contribution in [3.8, 4) is 0 Å². The van der Waals surface area contributed by atoms with Crippen molar-refractivity contribution in [2.24, 2.45) is 17.1 Å². The van der Waals surface area contributed by atoms with Crippen LogP contribution in [-0.2, 0) is 0 Å². The zero-order valence-corrected chi connectivity index (χ0v) is 13.5. The number of thioether (sulfide) groups is 1. The molecule has 18 heavy (non-hydrogen) atoms. The van der Waals surface area contributed by atoms with Crippen molar-refractivity contribution in [1.29, 1.82) is 0 Å². The molecule has 106 valence electrons. The van der Waals surface area contributed by atoms with Crippen LogP contribution in [0.3, 0.4) is 0 Å². The molecule has 0 amide bonds. The molecule has 0 radical (unpaired) electrons. The Morgan fingerprint density at radius 1 is 1.28 bits per heavy atom. The third-order valence-electron chi connectivity index (χ3n) is 5.37. The van der Waals surface area contributed by atoms with Gasteiger partial charge in [0.05, 0.1) is 0 Å².